The molecule has 8 nitrogen and oxygen atoms in total. The fourth-order valence-corrected chi connectivity index (χ4v) is 18.5. The van der Waals surface area contributed by atoms with Gasteiger partial charge in [0.2, 0.25) is 0 Å². The lowest BCUT2D eigenvalue weighted by Gasteiger charge is -2.41. The topological polar surface area (TPSA) is 95.8 Å². The van der Waals surface area contributed by atoms with Crippen LogP contribution in [-0.4, -0.2) is 29.9 Å². The van der Waals surface area contributed by atoms with Gasteiger partial charge in [0, 0.05) is 66.6 Å². The minimum absolute atomic E-state index is 0.203. The van der Waals surface area contributed by atoms with Gasteiger partial charge in [-0.2, -0.15) is 0 Å². The van der Waals surface area contributed by atoms with Crippen LogP contribution in [0.3, 0.4) is 0 Å². The van der Waals surface area contributed by atoms with Crippen LogP contribution in [0.15, 0.2) is 352 Å². The van der Waals surface area contributed by atoms with Crippen LogP contribution in [0, 0.1) is 0 Å². The summed E-state index contributed by atoms with van der Waals surface area (Å²) in [7, 11) is 0. The van der Waals surface area contributed by atoms with E-state index < -0.39 is 10.8 Å². The van der Waals surface area contributed by atoms with Crippen LogP contribution < -0.4 is 9.47 Å². The van der Waals surface area contributed by atoms with Crippen LogP contribution >= 0.6 is 0 Å². The molecule has 0 amide bonds. The van der Waals surface area contributed by atoms with Crippen molar-refractivity contribution in [2.75, 3.05) is 0 Å². The van der Waals surface area contributed by atoms with E-state index in [4.69, 9.17) is 39.4 Å². The maximum absolute atomic E-state index is 7.70. The van der Waals surface area contributed by atoms with Crippen molar-refractivity contribution in [3.63, 3.8) is 0 Å². The van der Waals surface area contributed by atoms with Gasteiger partial charge in [-0.05, 0) is 143 Å². The van der Waals surface area contributed by atoms with Crippen LogP contribution in [-0.2, 0) is 16.2 Å². The first-order valence-electron chi connectivity index (χ1n) is 37.2. The summed E-state index contributed by atoms with van der Waals surface area (Å²) in [5.41, 5.74) is 28.5. The van der Waals surface area contributed by atoms with Crippen LogP contribution in [0.4, 0.5) is 0 Å². The Hall–Kier alpha value is -14.1. The van der Waals surface area contributed by atoms with Gasteiger partial charge in [0.1, 0.15) is 23.0 Å². The van der Waals surface area contributed by atoms with E-state index in [1.807, 2.05) is 78.9 Å². The van der Waals surface area contributed by atoms with Crippen molar-refractivity contribution >= 4 is 0 Å². The average Bonchev–Trinajstić information content (AvgIpc) is 1.54. The van der Waals surface area contributed by atoms with Gasteiger partial charge in [0.25, 0.3) is 0 Å². The predicted octanol–water partition coefficient (Wildman–Crippen LogP) is 24.3. The molecule has 2 spiro atoms. The van der Waals surface area contributed by atoms with Gasteiger partial charge in [-0.25, -0.2) is 29.9 Å². The molecule has 1 unspecified atom stereocenters. The number of aromatic nitrogens is 6. The Kier molecular flexibility index (Phi) is 13.7. The summed E-state index contributed by atoms with van der Waals surface area (Å²) >= 11 is 0. The maximum Gasteiger partial charge on any atom is 0.164 e. The summed E-state index contributed by atoms with van der Waals surface area (Å²) in [5, 5.41) is 0. The maximum atomic E-state index is 7.70. The molecular weight excluding hydrogens is 1330 g/mol. The van der Waals surface area contributed by atoms with Crippen molar-refractivity contribution in [2.24, 2.45) is 0 Å². The lowest BCUT2D eigenvalue weighted by Crippen LogP contribution is -2.32. The van der Waals surface area contributed by atoms with E-state index in [0.29, 0.717) is 34.9 Å². The molecule has 5 aliphatic rings. The van der Waals surface area contributed by atoms with Crippen molar-refractivity contribution in [3.8, 4) is 158 Å². The van der Waals surface area contributed by atoms with Gasteiger partial charge >= 0.3 is 0 Å². The molecule has 3 aliphatic carbocycles. The van der Waals surface area contributed by atoms with Crippen molar-refractivity contribution in [1.82, 2.24) is 29.9 Å². The van der Waals surface area contributed by atoms with E-state index in [0.717, 1.165) is 134 Å². The molecule has 2 aliphatic heterocycles. The Morgan fingerprint density at radius 3 is 1.13 bits per heavy atom. The highest BCUT2D eigenvalue weighted by Crippen LogP contribution is 2.68. The number of hydrogen-bond donors (Lipinski definition) is 0. The quantitative estimate of drug-likeness (QED) is 0.141. The van der Waals surface area contributed by atoms with E-state index in [9.17, 15) is 0 Å². The molecule has 15 aromatic carbocycles. The van der Waals surface area contributed by atoms with Crippen LogP contribution in [0.1, 0.15) is 69.5 Å². The van der Waals surface area contributed by atoms with E-state index in [1.54, 1.807) is 0 Å². The normalized spacial score (nSPS) is 14.8. The van der Waals surface area contributed by atoms with E-state index in [2.05, 4.69) is 287 Å². The standard InChI is InChI=1S/C101H64N6O2/c1-99(2)78-39-16-12-34-71(78)74-54-52-69(59-85(74)99)98-106-95(64-30-10-5-11-31-64)103-96(107-98)65-50-48-61(49-51-65)70-57-77(92-87(60-70)100(83-44-21-23-47-89(83)109-92)79-40-17-13-35-72(79)73-36-14-18-41-80(73)100)75-38-25-45-84-91(75)76-37-15-19-42-81(76)101(84)82-43-20-22-46-88(82)108-90-55-53-67(58-86(90)101)66-32-24-33-68(56-66)97-104-93(62-26-6-3-7-27-62)102-94(105-97)63-28-8-4-9-29-63/h3-60H,1-2H3. The molecule has 22 rings (SSSR count). The SMILES string of the molecule is CC1(C)c2ccccc2-c2ccc(-c3nc(-c4ccccc4)nc(-c4ccc(-c5cc(-c6cccc7c6-c6ccccc6C76c7ccccc7Oc7ccc(-c8cccc(-c9nc(-c%10ccccc%10)nc(-c%10ccccc%10)n9)c8)cc76)c6c(c5)C5(c7ccccc7O6)c6ccccc6-c6ccccc65)cc4)n3)cc21. The minimum Gasteiger partial charge on any atom is -0.457 e. The Balaban J connectivity index is 0.736. The Morgan fingerprint density at radius 2 is 0.541 bits per heavy atom. The second-order valence-electron chi connectivity index (χ2n) is 29.5. The smallest absolute Gasteiger partial charge is 0.164 e. The molecule has 8 heteroatoms. The third-order valence-electron chi connectivity index (χ3n) is 23.3. The summed E-state index contributed by atoms with van der Waals surface area (Å²) in [4.78, 5) is 31.2. The summed E-state index contributed by atoms with van der Waals surface area (Å²) in [5.74, 6) is 6.85. The minimum atomic E-state index is -0.854. The Morgan fingerprint density at radius 1 is 0.193 bits per heavy atom. The van der Waals surface area contributed by atoms with Crippen molar-refractivity contribution in [2.45, 2.75) is 30.1 Å². The summed E-state index contributed by atoms with van der Waals surface area (Å²) in [6, 6.07) is 126. The van der Waals surface area contributed by atoms with Crippen LogP contribution in [0.2, 0.25) is 0 Å². The largest absolute Gasteiger partial charge is 0.457 e. The van der Waals surface area contributed by atoms with Gasteiger partial charge < -0.3 is 9.47 Å². The van der Waals surface area contributed by atoms with Gasteiger partial charge in [0.15, 0.2) is 34.9 Å². The van der Waals surface area contributed by atoms with Crippen LogP contribution in [0.5, 0.6) is 23.0 Å². The molecule has 1 atom stereocenters. The molecule has 0 radical (unpaired) electrons. The highest BCUT2D eigenvalue weighted by molar-refractivity contribution is 6.01. The highest BCUT2D eigenvalue weighted by Gasteiger charge is 2.54. The second-order valence-corrected chi connectivity index (χ2v) is 29.5. The lowest BCUT2D eigenvalue weighted by molar-refractivity contribution is 0.436. The Bertz CT molecular complexity index is 6550. The first-order chi connectivity index (χ1) is 53.7. The first kappa shape index (κ1) is 62.3. The van der Waals surface area contributed by atoms with Crippen molar-refractivity contribution < 1.29 is 9.47 Å². The number of ether oxygens (including phenoxy) is 2. The van der Waals surface area contributed by atoms with Crippen molar-refractivity contribution in [1.29, 1.82) is 0 Å². The van der Waals surface area contributed by atoms with E-state index >= 15 is 0 Å². The first-order valence-corrected chi connectivity index (χ1v) is 37.2. The zero-order valence-corrected chi connectivity index (χ0v) is 59.5. The number of fused-ring (bicyclic) bond motifs is 21. The van der Waals surface area contributed by atoms with Crippen molar-refractivity contribution in [3.05, 3.63) is 407 Å². The fraction of sp³-hybridized carbons (Fsp3) is 0.0495. The van der Waals surface area contributed by atoms with Gasteiger partial charge in [-0.1, -0.05) is 317 Å². The van der Waals surface area contributed by atoms with E-state index in [-0.39, 0.29) is 5.41 Å². The van der Waals surface area contributed by atoms with E-state index in [1.165, 1.54) is 44.5 Å². The predicted molar refractivity (Wildman–Crippen MR) is 434 cm³/mol. The number of benzene rings is 15. The summed E-state index contributed by atoms with van der Waals surface area (Å²) < 4.78 is 14.9. The number of nitrogens with zero attached hydrogens (tertiary/aromatic N) is 6. The molecule has 2 aromatic heterocycles. The molecule has 0 bridgehead atoms. The third-order valence-corrected chi connectivity index (χ3v) is 23.3. The van der Waals surface area contributed by atoms with Gasteiger partial charge in [-0.3, -0.25) is 0 Å². The fourth-order valence-electron chi connectivity index (χ4n) is 18.5. The molecular formula is C101H64N6O2. The third kappa shape index (κ3) is 9.31. The zero-order valence-electron chi connectivity index (χ0n) is 59.5. The molecule has 4 heterocycles. The number of para-hydroxylation sites is 2. The van der Waals surface area contributed by atoms with Gasteiger partial charge in [-0.15, -0.1) is 0 Å². The molecule has 17 aromatic rings. The molecule has 0 fully saturated rings. The average molecular weight is 1390 g/mol. The molecule has 0 saturated carbocycles. The molecule has 0 N–H and O–H groups in total. The number of hydrogen-bond acceptors (Lipinski definition) is 8. The molecule has 0 saturated heterocycles. The molecule has 109 heavy (non-hydrogen) atoms. The second kappa shape index (κ2) is 24.0. The highest BCUT2D eigenvalue weighted by atomic mass is 16.5. The number of rotatable bonds is 9. The monoisotopic (exact) mass is 1390 g/mol. The summed E-state index contributed by atoms with van der Waals surface area (Å²) in [6.07, 6.45) is 0. The summed E-state index contributed by atoms with van der Waals surface area (Å²) in [6.45, 7) is 4.62. The zero-order chi connectivity index (χ0) is 72.1. The van der Waals surface area contributed by atoms with Gasteiger partial charge in [0.05, 0.1) is 10.8 Å². The van der Waals surface area contributed by atoms with Crippen LogP contribution in [0.25, 0.3) is 135 Å². The lowest BCUT2D eigenvalue weighted by atomic mass is 9.64. The Labute approximate surface area is 631 Å². The molecule has 510 valence electrons.